The maximum absolute atomic E-state index is 12.4. The summed E-state index contributed by atoms with van der Waals surface area (Å²) in [5.74, 6) is 2.17. The minimum Gasteiger partial charge on any atom is -0.354 e. The van der Waals surface area contributed by atoms with Crippen molar-refractivity contribution in [1.29, 1.82) is 0 Å². The quantitative estimate of drug-likeness (QED) is 0.784. The van der Waals surface area contributed by atoms with Gasteiger partial charge in [0.05, 0.1) is 0 Å². The van der Waals surface area contributed by atoms with E-state index >= 15 is 0 Å². The molecule has 3 heterocycles. The number of piperazine rings is 1. The lowest BCUT2D eigenvalue weighted by molar-refractivity contribution is -0.130. The second kappa shape index (κ2) is 9.36. The molecule has 26 heavy (non-hydrogen) atoms. The second-order valence-corrected chi connectivity index (χ2v) is 8.11. The van der Waals surface area contributed by atoms with Crippen LogP contribution < -0.4 is 4.90 Å². The number of carbonyl (C=O) groups excluding carboxylic acids is 1. The summed E-state index contributed by atoms with van der Waals surface area (Å²) < 4.78 is 0. The fourth-order valence-electron chi connectivity index (χ4n) is 4.17. The number of amides is 1. The molecule has 5 nitrogen and oxygen atoms in total. The molecule has 5 heteroatoms. The number of pyridine rings is 1. The molecule has 144 valence electrons. The Kier molecular flexibility index (Phi) is 6.89. The molecule has 1 aromatic rings. The Morgan fingerprint density at radius 2 is 1.92 bits per heavy atom. The molecule has 0 radical (unpaired) electrons. The van der Waals surface area contributed by atoms with Gasteiger partial charge in [0.2, 0.25) is 5.91 Å². The molecule has 0 bridgehead atoms. The number of anilines is 1. The highest BCUT2D eigenvalue weighted by atomic mass is 16.2. The number of rotatable bonds is 6. The van der Waals surface area contributed by atoms with E-state index in [1.807, 2.05) is 12.3 Å². The number of hydrogen-bond donors (Lipinski definition) is 0. The van der Waals surface area contributed by atoms with Crippen molar-refractivity contribution in [3.8, 4) is 0 Å². The number of hydrogen-bond acceptors (Lipinski definition) is 4. The highest BCUT2D eigenvalue weighted by Crippen LogP contribution is 2.21. The Bertz CT molecular complexity index is 554. The van der Waals surface area contributed by atoms with E-state index in [1.54, 1.807) is 0 Å². The van der Waals surface area contributed by atoms with Crippen LogP contribution >= 0.6 is 0 Å². The zero-order chi connectivity index (χ0) is 18.4. The minimum atomic E-state index is 0.364. The predicted octanol–water partition coefficient (Wildman–Crippen LogP) is 3.02. The van der Waals surface area contributed by atoms with Gasteiger partial charge in [0.15, 0.2) is 0 Å². The standard InChI is InChI=1S/C21H34N4O/c1-18(2)6-5-12-25-13-10-19(8-9-21(25)26)23-14-16-24(17-15-23)20-7-3-4-11-22-20/h3-4,7,11,18-19H,5-6,8-10,12-17H2,1-2H3. The molecule has 2 saturated heterocycles. The van der Waals surface area contributed by atoms with Gasteiger partial charge in [0, 0.05) is 57.9 Å². The molecule has 0 aromatic carbocycles. The van der Waals surface area contributed by atoms with Crippen molar-refractivity contribution < 1.29 is 4.79 Å². The highest BCUT2D eigenvalue weighted by molar-refractivity contribution is 5.76. The van der Waals surface area contributed by atoms with Crippen molar-refractivity contribution in [1.82, 2.24) is 14.8 Å². The van der Waals surface area contributed by atoms with Crippen LogP contribution in [-0.4, -0.2) is 66.0 Å². The third-order valence-corrected chi connectivity index (χ3v) is 5.79. The average Bonchev–Trinajstić information content (AvgIpc) is 2.84. The molecule has 2 aliphatic heterocycles. The molecule has 0 spiro atoms. The van der Waals surface area contributed by atoms with Crippen LogP contribution in [0.5, 0.6) is 0 Å². The number of nitrogens with zero attached hydrogens (tertiary/aromatic N) is 4. The van der Waals surface area contributed by atoms with E-state index < -0.39 is 0 Å². The summed E-state index contributed by atoms with van der Waals surface area (Å²) in [6, 6.07) is 6.67. The van der Waals surface area contributed by atoms with Crippen LogP contribution in [0.4, 0.5) is 5.82 Å². The molecule has 2 aliphatic rings. The fraction of sp³-hybridized carbons (Fsp3) is 0.714. The number of likely N-dealkylation sites (tertiary alicyclic amines) is 1. The maximum atomic E-state index is 12.4. The van der Waals surface area contributed by atoms with Crippen LogP contribution in [0.3, 0.4) is 0 Å². The summed E-state index contributed by atoms with van der Waals surface area (Å²) in [7, 11) is 0. The SMILES string of the molecule is CC(C)CCCN1CCC(N2CCN(c3ccccn3)CC2)CCC1=O. The van der Waals surface area contributed by atoms with E-state index in [-0.39, 0.29) is 0 Å². The Hall–Kier alpha value is -1.62. The highest BCUT2D eigenvalue weighted by Gasteiger charge is 2.28. The van der Waals surface area contributed by atoms with E-state index in [9.17, 15) is 4.79 Å². The second-order valence-electron chi connectivity index (χ2n) is 8.11. The summed E-state index contributed by atoms with van der Waals surface area (Å²) in [5.41, 5.74) is 0. The van der Waals surface area contributed by atoms with Gasteiger partial charge in [-0.15, -0.1) is 0 Å². The van der Waals surface area contributed by atoms with Gasteiger partial charge in [-0.2, -0.15) is 0 Å². The van der Waals surface area contributed by atoms with Gasteiger partial charge < -0.3 is 9.80 Å². The van der Waals surface area contributed by atoms with Crippen LogP contribution in [0.25, 0.3) is 0 Å². The lowest BCUT2D eigenvalue weighted by Gasteiger charge is -2.39. The van der Waals surface area contributed by atoms with Gasteiger partial charge in [-0.25, -0.2) is 4.98 Å². The third kappa shape index (κ3) is 5.19. The van der Waals surface area contributed by atoms with Gasteiger partial charge in [-0.05, 0) is 43.7 Å². The molecule has 1 unspecified atom stereocenters. The monoisotopic (exact) mass is 358 g/mol. The van der Waals surface area contributed by atoms with Crippen molar-refractivity contribution in [2.75, 3.05) is 44.2 Å². The zero-order valence-electron chi connectivity index (χ0n) is 16.4. The average molecular weight is 359 g/mol. The first-order chi connectivity index (χ1) is 12.6. The normalized spacial score (nSPS) is 22.7. The van der Waals surface area contributed by atoms with E-state index in [0.717, 1.165) is 70.3 Å². The van der Waals surface area contributed by atoms with E-state index in [2.05, 4.69) is 45.7 Å². The predicted molar refractivity (Wildman–Crippen MR) is 106 cm³/mol. The first kappa shape index (κ1) is 19.2. The van der Waals surface area contributed by atoms with Crippen molar-refractivity contribution in [3.63, 3.8) is 0 Å². The van der Waals surface area contributed by atoms with E-state index in [4.69, 9.17) is 0 Å². The molecule has 0 N–H and O–H groups in total. The molecule has 1 aromatic heterocycles. The minimum absolute atomic E-state index is 0.364. The smallest absolute Gasteiger partial charge is 0.222 e. The maximum Gasteiger partial charge on any atom is 0.222 e. The molecule has 2 fully saturated rings. The molecule has 1 amide bonds. The molecule has 0 aliphatic carbocycles. The van der Waals surface area contributed by atoms with Crippen molar-refractivity contribution in [2.45, 2.75) is 52.0 Å². The first-order valence-electron chi connectivity index (χ1n) is 10.3. The van der Waals surface area contributed by atoms with Gasteiger partial charge in [0.25, 0.3) is 0 Å². The van der Waals surface area contributed by atoms with E-state index in [1.165, 1.54) is 6.42 Å². The van der Waals surface area contributed by atoms with Crippen LogP contribution in [0.15, 0.2) is 24.4 Å². The summed E-state index contributed by atoms with van der Waals surface area (Å²) in [5, 5.41) is 0. The van der Waals surface area contributed by atoms with Crippen molar-refractivity contribution in [2.24, 2.45) is 5.92 Å². The van der Waals surface area contributed by atoms with Crippen LogP contribution in [0.1, 0.15) is 46.0 Å². The largest absolute Gasteiger partial charge is 0.354 e. The third-order valence-electron chi connectivity index (χ3n) is 5.79. The summed E-state index contributed by atoms with van der Waals surface area (Å²) in [4.78, 5) is 24.0. The number of aromatic nitrogens is 1. The molecule has 0 saturated carbocycles. The summed E-state index contributed by atoms with van der Waals surface area (Å²) in [6.45, 7) is 10.6. The molecular weight excluding hydrogens is 324 g/mol. The van der Waals surface area contributed by atoms with Gasteiger partial charge >= 0.3 is 0 Å². The first-order valence-corrected chi connectivity index (χ1v) is 10.3. The lowest BCUT2D eigenvalue weighted by Crippen LogP contribution is -2.50. The fourth-order valence-corrected chi connectivity index (χ4v) is 4.17. The van der Waals surface area contributed by atoms with Crippen molar-refractivity contribution >= 4 is 11.7 Å². The Morgan fingerprint density at radius 3 is 2.62 bits per heavy atom. The summed E-state index contributed by atoms with van der Waals surface area (Å²) in [6.07, 6.45) is 7.07. The van der Waals surface area contributed by atoms with Crippen LogP contribution in [0, 0.1) is 5.92 Å². The van der Waals surface area contributed by atoms with Crippen LogP contribution in [0.2, 0.25) is 0 Å². The summed E-state index contributed by atoms with van der Waals surface area (Å²) >= 11 is 0. The molecule has 1 atom stereocenters. The van der Waals surface area contributed by atoms with Gasteiger partial charge in [-0.1, -0.05) is 19.9 Å². The Balaban J connectivity index is 1.46. The van der Waals surface area contributed by atoms with Gasteiger partial charge in [0.1, 0.15) is 5.82 Å². The van der Waals surface area contributed by atoms with Crippen LogP contribution in [-0.2, 0) is 4.79 Å². The van der Waals surface area contributed by atoms with E-state index in [0.29, 0.717) is 18.4 Å². The Morgan fingerprint density at radius 1 is 1.12 bits per heavy atom. The zero-order valence-corrected chi connectivity index (χ0v) is 16.4. The van der Waals surface area contributed by atoms with Crippen molar-refractivity contribution in [3.05, 3.63) is 24.4 Å². The lowest BCUT2D eigenvalue weighted by atomic mass is 10.1. The Labute approximate surface area is 158 Å². The topological polar surface area (TPSA) is 39.7 Å². The van der Waals surface area contributed by atoms with Gasteiger partial charge in [-0.3, -0.25) is 9.69 Å². The molecule has 3 rings (SSSR count). The molecular formula is C21H34N4O. The number of carbonyl (C=O) groups is 1.